The third-order valence-corrected chi connectivity index (χ3v) is 4.80. The Balaban J connectivity index is 2.23. The number of nitrogens with zero attached hydrogens (tertiary/aromatic N) is 2. The number of aryl methyl sites for hydroxylation is 1. The highest BCUT2D eigenvalue weighted by molar-refractivity contribution is 7.90. The topological polar surface area (TPSA) is 71.5 Å². The minimum absolute atomic E-state index is 0.138. The molecule has 0 amide bonds. The van der Waals surface area contributed by atoms with Crippen LogP contribution in [0.4, 0.5) is 5.69 Å². The predicted molar refractivity (Wildman–Crippen MR) is 78.1 cm³/mol. The Morgan fingerprint density at radius 2 is 2.00 bits per heavy atom. The summed E-state index contributed by atoms with van der Waals surface area (Å²) >= 11 is 5.95. The Morgan fingerprint density at radius 3 is 2.55 bits per heavy atom. The van der Waals surface area contributed by atoms with E-state index in [2.05, 4.69) is 9.71 Å². The Kier molecular flexibility index (Phi) is 4.53. The SMILES string of the molecule is Cc1ccnc(Cl)c1NS(=O)(=O)N1CC(C)OC(C)C1. The van der Waals surface area contributed by atoms with Gasteiger partial charge < -0.3 is 4.74 Å². The molecule has 1 N–H and O–H groups in total. The van der Waals surface area contributed by atoms with E-state index in [9.17, 15) is 8.42 Å². The number of nitrogens with one attached hydrogen (secondary N) is 1. The molecule has 1 aromatic heterocycles. The second kappa shape index (κ2) is 5.85. The molecule has 2 rings (SSSR count). The quantitative estimate of drug-likeness (QED) is 0.862. The fraction of sp³-hybridized carbons (Fsp3) is 0.583. The van der Waals surface area contributed by atoms with Crippen LogP contribution >= 0.6 is 11.6 Å². The number of pyridine rings is 1. The fourth-order valence-electron chi connectivity index (χ4n) is 2.17. The zero-order valence-electron chi connectivity index (χ0n) is 11.6. The van der Waals surface area contributed by atoms with E-state index in [1.165, 1.54) is 10.5 Å². The van der Waals surface area contributed by atoms with Crippen molar-refractivity contribution in [2.24, 2.45) is 0 Å². The van der Waals surface area contributed by atoms with Gasteiger partial charge in [-0.2, -0.15) is 12.7 Å². The number of anilines is 1. The maximum Gasteiger partial charge on any atom is 0.301 e. The molecule has 6 nitrogen and oxygen atoms in total. The van der Waals surface area contributed by atoms with Crippen LogP contribution in [-0.4, -0.2) is 43.0 Å². The molecule has 112 valence electrons. The van der Waals surface area contributed by atoms with Crippen LogP contribution in [0.2, 0.25) is 5.15 Å². The minimum atomic E-state index is -3.67. The molecule has 0 radical (unpaired) electrons. The number of rotatable bonds is 3. The standard InChI is InChI=1S/C12H18ClN3O3S/c1-8-4-5-14-12(13)11(8)15-20(17,18)16-6-9(2)19-10(3)7-16/h4-5,9-10,15H,6-7H2,1-3H3. The van der Waals surface area contributed by atoms with E-state index in [0.29, 0.717) is 18.8 Å². The van der Waals surface area contributed by atoms with Crippen molar-refractivity contribution < 1.29 is 13.2 Å². The number of ether oxygens (including phenoxy) is 1. The number of hydrogen-bond donors (Lipinski definition) is 1. The number of halogens is 1. The third-order valence-electron chi connectivity index (χ3n) is 3.07. The van der Waals surface area contributed by atoms with Crippen molar-refractivity contribution in [3.8, 4) is 0 Å². The van der Waals surface area contributed by atoms with Gasteiger partial charge in [0.15, 0.2) is 5.15 Å². The molecule has 1 aromatic rings. The Labute approximate surface area is 124 Å². The highest BCUT2D eigenvalue weighted by Crippen LogP contribution is 2.25. The molecule has 2 atom stereocenters. The minimum Gasteiger partial charge on any atom is -0.373 e. The lowest BCUT2D eigenvalue weighted by Crippen LogP contribution is -2.50. The zero-order valence-corrected chi connectivity index (χ0v) is 13.2. The van der Waals surface area contributed by atoms with Crippen molar-refractivity contribution in [1.29, 1.82) is 0 Å². The summed E-state index contributed by atoms with van der Waals surface area (Å²) in [7, 11) is -3.67. The van der Waals surface area contributed by atoms with Crippen LogP contribution in [0.5, 0.6) is 0 Å². The lowest BCUT2D eigenvalue weighted by atomic mass is 10.3. The molecule has 0 spiro atoms. The molecular formula is C12H18ClN3O3S. The summed E-state index contributed by atoms with van der Waals surface area (Å²) in [4.78, 5) is 3.89. The van der Waals surface area contributed by atoms with Crippen LogP contribution in [0.3, 0.4) is 0 Å². The number of hydrogen-bond acceptors (Lipinski definition) is 4. The van der Waals surface area contributed by atoms with Gasteiger partial charge in [0.25, 0.3) is 0 Å². The first kappa shape index (κ1) is 15.5. The van der Waals surface area contributed by atoms with Gasteiger partial charge in [-0.05, 0) is 32.4 Å². The molecule has 2 unspecified atom stereocenters. The van der Waals surface area contributed by atoms with E-state index in [-0.39, 0.29) is 17.4 Å². The van der Waals surface area contributed by atoms with Gasteiger partial charge in [-0.25, -0.2) is 4.98 Å². The molecular weight excluding hydrogens is 302 g/mol. The first-order chi connectivity index (χ1) is 9.29. The molecule has 1 saturated heterocycles. The molecule has 0 aliphatic carbocycles. The van der Waals surface area contributed by atoms with Gasteiger partial charge in [0.1, 0.15) is 0 Å². The second-order valence-corrected chi connectivity index (χ2v) is 7.00. The van der Waals surface area contributed by atoms with E-state index >= 15 is 0 Å². The molecule has 20 heavy (non-hydrogen) atoms. The van der Waals surface area contributed by atoms with Crippen molar-refractivity contribution >= 4 is 27.5 Å². The van der Waals surface area contributed by atoms with Crippen molar-refractivity contribution in [3.05, 3.63) is 23.0 Å². The van der Waals surface area contributed by atoms with Gasteiger partial charge in [-0.3, -0.25) is 4.72 Å². The van der Waals surface area contributed by atoms with Crippen molar-refractivity contribution in [1.82, 2.24) is 9.29 Å². The Morgan fingerprint density at radius 1 is 1.40 bits per heavy atom. The molecule has 0 aromatic carbocycles. The molecule has 1 aliphatic rings. The Hall–Kier alpha value is -0.890. The lowest BCUT2D eigenvalue weighted by Gasteiger charge is -2.34. The van der Waals surface area contributed by atoms with E-state index in [1.54, 1.807) is 13.0 Å². The monoisotopic (exact) mass is 319 g/mol. The fourth-order valence-corrected chi connectivity index (χ4v) is 3.93. The van der Waals surface area contributed by atoms with E-state index in [1.807, 2.05) is 13.8 Å². The van der Waals surface area contributed by atoms with Gasteiger partial charge in [0.2, 0.25) is 0 Å². The van der Waals surface area contributed by atoms with Crippen LogP contribution in [-0.2, 0) is 14.9 Å². The Bertz CT molecular complexity index is 563. The largest absolute Gasteiger partial charge is 0.373 e. The first-order valence-electron chi connectivity index (χ1n) is 6.34. The van der Waals surface area contributed by atoms with Gasteiger partial charge in [-0.1, -0.05) is 11.6 Å². The molecule has 8 heteroatoms. The molecule has 1 fully saturated rings. The van der Waals surface area contributed by atoms with Crippen LogP contribution in [0.1, 0.15) is 19.4 Å². The summed E-state index contributed by atoms with van der Waals surface area (Å²) in [5, 5.41) is 0.142. The molecule has 0 saturated carbocycles. The van der Waals surface area contributed by atoms with Crippen molar-refractivity contribution in [2.75, 3.05) is 17.8 Å². The third kappa shape index (κ3) is 3.41. The average Bonchev–Trinajstić information content (AvgIpc) is 2.33. The van der Waals surface area contributed by atoms with Crippen LogP contribution in [0.25, 0.3) is 0 Å². The second-order valence-electron chi connectivity index (χ2n) is 4.98. The van der Waals surface area contributed by atoms with Crippen LogP contribution < -0.4 is 4.72 Å². The summed E-state index contributed by atoms with van der Waals surface area (Å²) < 4.78 is 34.3. The maximum atomic E-state index is 12.4. The molecule has 1 aliphatic heterocycles. The average molecular weight is 320 g/mol. The molecule has 2 heterocycles. The van der Waals surface area contributed by atoms with Gasteiger partial charge in [-0.15, -0.1) is 0 Å². The van der Waals surface area contributed by atoms with Gasteiger partial charge in [0.05, 0.1) is 17.9 Å². The first-order valence-corrected chi connectivity index (χ1v) is 8.16. The van der Waals surface area contributed by atoms with Gasteiger partial charge >= 0.3 is 10.2 Å². The van der Waals surface area contributed by atoms with Crippen LogP contribution in [0.15, 0.2) is 12.3 Å². The predicted octanol–water partition coefficient (Wildman–Crippen LogP) is 1.81. The summed E-state index contributed by atoms with van der Waals surface area (Å²) in [5.41, 5.74) is 1.05. The van der Waals surface area contributed by atoms with Crippen molar-refractivity contribution in [3.63, 3.8) is 0 Å². The van der Waals surface area contributed by atoms with E-state index in [4.69, 9.17) is 16.3 Å². The summed E-state index contributed by atoms with van der Waals surface area (Å²) in [6.07, 6.45) is 1.26. The zero-order chi connectivity index (χ0) is 14.9. The number of morpholine rings is 1. The summed E-state index contributed by atoms with van der Waals surface area (Å²) in [5.74, 6) is 0. The smallest absolute Gasteiger partial charge is 0.301 e. The molecule has 0 bridgehead atoms. The normalized spacial score (nSPS) is 24.6. The van der Waals surface area contributed by atoms with Crippen LogP contribution in [0, 0.1) is 6.92 Å². The summed E-state index contributed by atoms with van der Waals surface area (Å²) in [6.45, 7) is 6.10. The van der Waals surface area contributed by atoms with Crippen molar-refractivity contribution in [2.45, 2.75) is 33.0 Å². The van der Waals surface area contributed by atoms with Gasteiger partial charge in [0, 0.05) is 19.3 Å². The highest BCUT2D eigenvalue weighted by atomic mass is 35.5. The van der Waals surface area contributed by atoms with E-state index in [0.717, 1.165) is 5.56 Å². The summed E-state index contributed by atoms with van der Waals surface area (Å²) in [6, 6.07) is 1.70. The lowest BCUT2D eigenvalue weighted by molar-refractivity contribution is -0.0439. The highest BCUT2D eigenvalue weighted by Gasteiger charge is 2.31. The number of aromatic nitrogens is 1. The van der Waals surface area contributed by atoms with E-state index < -0.39 is 10.2 Å². The maximum absolute atomic E-state index is 12.4.